The highest BCUT2D eigenvalue weighted by Crippen LogP contribution is 2.07. The number of ether oxygens (including phenoxy) is 2. The number of rotatable bonds is 13. The summed E-state index contributed by atoms with van der Waals surface area (Å²) in [5.74, 6) is 0. The van der Waals surface area contributed by atoms with Crippen molar-refractivity contribution in [3.05, 3.63) is 0 Å². The first-order chi connectivity index (χ1) is 8.79. The highest BCUT2D eigenvalue weighted by Gasteiger charge is 2.16. The molecular formula is C14H32N2O2. The van der Waals surface area contributed by atoms with E-state index in [9.17, 15) is 0 Å². The van der Waals surface area contributed by atoms with E-state index in [1.807, 2.05) is 0 Å². The minimum atomic E-state index is 0.613. The molecule has 0 aromatic rings. The van der Waals surface area contributed by atoms with Crippen molar-refractivity contribution in [2.45, 2.75) is 39.2 Å². The van der Waals surface area contributed by atoms with Crippen LogP contribution < -0.4 is 5.32 Å². The summed E-state index contributed by atoms with van der Waals surface area (Å²) in [5.41, 5.74) is 0. The van der Waals surface area contributed by atoms with Crippen LogP contribution in [-0.2, 0) is 9.47 Å². The van der Waals surface area contributed by atoms with Gasteiger partial charge in [0.1, 0.15) is 0 Å². The average Bonchev–Trinajstić information content (AvgIpc) is 2.39. The summed E-state index contributed by atoms with van der Waals surface area (Å²) < 4.78 is 10.4. The van der Waals surface area contributed by atoms with Gasteiger partial charge in [0.15, 0.2) is 0 Å². The predicted molar refractivity (Wildman–Crippen MR) is 77.2 cm³/mol. The summed E-state index contributed by atoms with van der Waals surface area (Å²) in [6, 6.07) is 0.613. The van der Waals surface area contributed by atoms with Gasteiger partial charge in [-0.25, -0.2) is 0 Å². The Labute approximate surface area is 113 Å². The highest BCUT2D eigenvalue weighted by atomic mass is 16.5. The third-order valence-corrected chi connectivity index (χ3v) is 3.14. The second kappa shape index (κ2) is 13.3. The van der Waals surface area contributed by atoms with E-state index in [0.29, 0.717) is 6.04 Å². The van der Waals surface area contributed by atoms with Crippen molar-refractivity contribution in [1.29, 1.82) is 0 Å². The lowest BCUT2D eigenvalue weighted by Gasteiger charge is -2.31. The van der Waals surface area contributed by atoms with Gasteiger partial charge in [0.2, 0.25) is 0 Å². The summed E-state index contributed by atoms with van der Waals surface area (Å²) in [6.07, 6.45) is 3.56. The van der Waals surface area contributed by atoms with Crippen LogP contribution in [0, 0.1) is 0 Å². The molecule has 0 heterocycles. The summed E-state index contributed by atoms with van der Waals surface area (Å²) in [6.45, 7) is 10.3. The molecule has 4 heteroatoms. The van der Waals surface area contributed by atoms with E-state index in [2.05, 4.69) is 24.1 Å². The van der Waals surface area contributed by atoms with Crippen molar-refractivity contribution in [2.75, 3.05) is 53.6 Å². The Balaban J connectivity index is 4.22. The first kappa shape index (κ1) is 17.8. The van der Waals surface area contributed by atoms with Crippen LogP contribution in [0.2, 0.25) is 0 Å². The van der Waals surface area contributed by atoms with E-state index in [-0.39, 0.29) is 0 Å². The van der Waals surface area contributed by atoms with Gasteiger partial charge in [0.05, 0.1) is 6.61 Å². The molecule has 0 fully saturated rings. The lowest BCUT2D eigenvalue weighted by atomic mass is 10.1. The summed E-state index contributed by atoms with van der Waals surface area (Å²) >= 11 is 0. The van der Waals surface area contributed by atoms with Crippen LogP contribution in [0.15, 0.2) is 0 Å². The Morgan fingerprint density at radius 2 is 1.78 bits per heavy atom. The van der Waals surface area contributed by atoms with Crippen LogP contribution in [0.3, 0.4) is 0 Å². The fraction of sp³-hybridized carbons (Fsp3) is 1.00. The molecule has 1 N–H and O–H groups in total. The van der Waals surface area contributed by atoms with Gasteiger partial charge in [0, 0.05) is 46.5 Å². The van der Waals surface area contributed by atoms with Crippen molar-refractivity contribution in [3.63, 3.8) is 0 Å². The quantitative estimate of drug-likeness (QED) is 0.512. The van der Waals surface area contributed by atoms with Gasteiger partial charge in [-0.05, 0) is 19.4 Å². The molecule has 1 atom stereocenters. The number of methoxy groups -OCH3 is 2. The van der Waals surface area contributed by atoms with E-state index in [1.54, 1.807) is 14.2 Å². The maximum Gasteiger partial charge on any atom is 0.0589 e. The van der Waals surface area contributed by atoms with Gasteiger partial charge in [-0.15, -0.1) is 0 Å². The maximum absolute atomic E-state index is 5.22. The molecule has 4 nitrogen and oxygen atoms in total. The lowest BCUT2D eigenvalue weighted by molar-refractivity contribution is 0.102. The first-order valence-electron chi connectivity index (χ1n) is 7.22. The SMILES string of the molecule is CCCC(CNCC)N(CCCOC)CCOC. The highest BCUT2D eigenvalue weighted by molar-refractivity contribution is 4.74. The minimum Gasteiger partial charge on any atom is -0.385 e. The second-order valence-electron chi connectivity index (χ2n) is 4.63. The Bertz CT molecular complexity index is 168. The largest absolute Gasteiger partial charge is 0.385 e. The first-order valence-corrected chi connectivity index (χ1v) is 7.22. The third kappa shape index (κ3) is 8.86. The molecule has 18 heavy (non-hydrogen) atoms. The Hall–Kier alpha value is -0.160. The number of hydrogen-bond acceptors (Lipinski definition) is 4. The van der Waals surface area contributed by atoms with Crippen LogP contribution in [0.4, 0.5) is 0 Å². The molecular weight excluding hydrogens is 228 g/mol. The van der Waals surface area contributed by atoms with Gasteiger partial charge in [-0.1, -0.05) is 20.3 Å². The van der Waals surface area contributed by atoms with Gasteiger partial charge in [-0.3, -0.25) is 4.90 Å². The number of nitrogens with zero attached hydrogens (tertiary/aromatic N) is 1. The third-order valence-electron chi connectivity index (χ3n) is 3.14. The molecule has 0 aliphatic carbocycles. The molecule has 0 aromatic carbocycles. The van der Waals surface area contributed by atoms with Crippen LogP contribution in [0.25, 0.3) is 0 Å². The van der Waals surface area contributed by atoms with E-state index in [0.717, 1.165) is 45.8 Å². The summed E-state index contributed by atoms with van der Waals surface area (Å²) in [4.78, 5) is 2.54. The molecule has 0 radical (unpaired) electrons. The van der Waals surface area contributed by atoms with Gasteiger partial charge in [0.25, 0.3) is 0 Å². The molecule has 0 aliphatic heterocycles. The summed E-state index contributed by atoms with van der Waals surface area (Å²) in [7, 11) is 3.54. The van der Waals surface area contributed by atoms with Crippen molar-refractivity contribution in [2.24, 2.45) is 0 Å². The van der Waals surface area contributed by atoms with Crippen LogP contribution >= 0.6 is 0 Å². The Kier molecular flexibility index (Phi) is 13.2. The molecule has 1 unspecified atom stereocenters. The van der Waals surface area contributed by atoms with E-state index in [4.69, 9.17) is 9.47 Å². The average molecular weight is 260 g/mol. The van der Waals surface area contributed by atoms with E-state index in [1.165, 1.54) is 12.8 Å². The number of likely N-dealkylation sites (N-methyl/N-ethyl adjacent to an activating group) is 1. The fourth-order valence-electron chi connectivity index (χ4n) is 2.16. The molecule has 0 amide bonds. The Morgan fingerprint density at radius 1 is 1.06 bits per heavy atom. The molecule has 0 spiro atoms. The molecule has 110 valence electrons. The van der Waals surface area contributed by atoms with Crippen molar-refractivity contribution in [3.8, 4) is 0 Å². The zero-order valence-corrected chi connectivity index (χ0v) is 12.7. The molecule has 0 rings (SSSR count). The van der Waals surface area contributed by atoms with Gasteiger partial charge >= 0.3 is 0 Å². The number of nitrogens with one attached hydrogen (secondary N) is 1. The molecule has 0 aromatic heterocycles. The van der Waals surface area contributed by atoms with Crippen LogP contribution in [0.1, 0.15) is 33.1 Å². The minimum absolute atomic E-state index is 0.613. The number of hydrogen-bond donors (Lipinski definition) is 1. The zero-order chi connectivity index (χ0) is 13.6. The second-order valence-corrected chi connectivity index (χ2v) is 4.63. The zero-order valence-electron chi connectivity index (χ0n) is 12.7. The molecule has 0 saturated carbocycles. The fourth-order valence-corrected chi connectivity index (χ4v) is 2.16. The maximum atomic E-state index is 5.22. The summed E-state index contributed by atoms with van der Waals surface area (Å²) in [5, 5.41) is 3.47. The van der Waals surface area contributed by atoms with Crippen molar-refractivity contribution < 1.29 is 9.47 Å². The monoisotopic (exact) mass is 260 g/mol. The standard InChI is InChI=1S/C14H32N2O2/c1-5-8-14(13-15-6-2)16(10-12-18-4)9-7-11-17-3/h14-15H,5-13H2,1-4H3. The van der Waals surface area contributed by atoms with E-state index < -0.39 is 0 Å². The van der Waals surface area contributed by atoms with Crippen molar-refractivity contribution in [1.82, 2.24) is 10.2 Å². The normalized spacial score (nSPS) is 13.2. The van der Waals surface area contributed by atoms with Crippen molar-refractivity contribution >= 4 is 0 Å². The smallest absolute Gasteiger partial charge is 0.0589 e. The van der Waals surface area contributed by atoms with Gasteiger partial charge < -0.3 is 14.8 Å². The Morgan fingerprint density at radius 3 is 2.33 bits per heavy atom. The molecule has 0 bridgehead atoms. The molecule has 0 saturated heterocycles. The van der Waals surface area contributed by atoms with Crippen LogP contribution in [0.5, 0.6) is 0 Å². The van der Waals surface area contributed by atoms with Crippen LogP contribution in [-0.4, -0.2) is 64.6 Å². The predicted octanol–water partition coefficient (Wildman–Crippen LogP) is 1.75. The lowest BCUT2D eigenvalue weighted by Crippen LogP contribution is -2.44. The van der Waals surface area contributed by atoms with Gasteiger partial charge in [-0.2, -0.15) is 0 Å². The molecule has 0 aliphatic rings. The topological polar surface area (TPSA) is 33.7 Å². The van der Waals surface area contributed by atoms with E-state index >= 15 is 0 Å².